The Balaban J connectivity index is 1.54. The molecule has 0 radical (unpaired) electrons. The van der Waals surface area contributed by atoms with Gasteiger partial charge >= 0.3 is 0 Å². The van der Waals surface area contributed by atoms with E-state index >= 15 is 0 Å². The summed E-state index contributed by atoms with van der Waals surface area (Å²) in [6, 6.07) is 8.97. The number of benzene rings is 1. The number of nitrogens with one attached hydrogen (secondary N) is 2. The molecule has 1 amide bonds. The van der Waals surface area contributed by atoms with Crippen molar-refractivity contribution in [2.75, 3.05) is 13.7 Å². The molecule has 0 aliphatic heterocycles. The van der Waals surface area contributed by atoms with E-state index in [4.69, 9.17) is 4.74 Å². The number of aliphatic hydroxyl groups excluding tert-OH is 1. The molecule has 134 valence electrons. The lowest BCUT2D eigenvalue weighted by Crippen LogP contribution is -2.28. The first-order valence-corrected chi connectivity index (χ1v) is 8.83. The molecule has 3 N–H and O–H groups in total. The molecular weight excluding hydrogens is 318 g/mol. The zero-order chi connectivity index (χ0) is 17.6. The summed E-state index contributed by atoms with van der Waals surface area (Å²) in [4.78, 5) is 12.3. The second-order valence-electron chi connectivity index (χ2n) is 6.54. The van der Waals surface area contributed by atoms with Gasteiger partial charge in [0.25, 0.3) is 5.91 Å². The largest absolute Gasteiger partial charge is 0.497 e. The van der Waals surface area contributed by atoms with Gasteiger partial charge in [0.1, 0.15) is 11.4 Å². The van der Waals surface area contributed by atoms with Gasteiger partial charge < -0.3 is 15.2 Å². The number of H-pyrrole nitrogens is 1. The highest BCUT2D eigenvalue weighted by atomic mass is 16.5. The molecule has 0 saturated heterocycles. The Morgan fingerprint density at radius 3 is 2.72 bits per heavy atom. The number of hydrogen-bond donors (Lipinski definition) is 3. The molecule has 1 aromatic carbocycles. The molecule has 1 heterocycles. The molecule has 1 unspecified atom stereocenters. The Labute approximate surface area is 147 Å². The van der Waals surface area contributed by atoms with Crippen molar-refractivity contribution in [1.29, 1.82) is 0 Å². The second kappa shape index (κ2) is 8.16. The van der Waals surface area contributed by atoms with Crippen molar-refractivity contribution in [3.63, 3.8) is 0 Å². The minimum absolute atomic E-state index is 0.136. The van der Waals surface area contributed by atoms with E-state index in [0.717, 1.165) is 29.8 Å². The zero-order valence-corrected chi connectivity index (χ0v) is 14.5. The molecule has 6 heteroatoms. The summed E-state index contributed by atoms with van der Waals surface area (Å²) < 4.78 is 5.09. The fourth-order valence-electron chi connectivity index (χ4n) is 3.30. The molecule has 0 spiro atoms. The van der Waals surface area contributed by atoms with Crippen LogP contribution >= 0.6 is 0 Å². The minimum Gasteiger partial charge on any atom is -0.497 e. The van der Waals surface area contributed by atoms with Crippen molar-refractivity contribution in [1.82, 2.24) is 15.5 Å². The van der Waals surface area contributed by atoms with Gasteiger partial charge in [-0.3, -0.25) is 9.89 Å². The third-order valence-electron chi connectivity index (χ3n) is 4.83. The number of nitrogens with zero attached hydrogens (tertiary/aromatic N) is 1. The lowest BCUT2D eigenvalue weighted by molar-refractivity contribution is 0.0911. The van der Waals surface area contributed by atoms with Gasteiger partial charge in [0.15, 0.2) is 0 Å². The highest BCUT2D eigenvalue weighted by Crippen LogP contribution is 2.31. The Bertz CT molecular complexity index is 690. The number of aromatic amines is 1. The normalized spacial score (nSPS) is 16.4. The van der Waals surface area contributed by atoms with E-state index in [2.05, 4.69) is 15.5 Å². The summed E-state index contributed by atoms with van der Waals surface area (Å²) in [6.45, 7) is 0.136. The van der Waals surface area contributed by atoms with Crippen LogP contribution in [0.3, 0.4) is 0 Å². The van der Waals surface area contributed by atoms with Gasteiger partial charge in [0.2, 0.25) is 0 Å². The summed E-state index contributed by atoms with van der Waals surface area (Å²) in [5, 5.41) is 20.1. The van der Waals surface area contributed by atoms with Crippen molar-refractivity contribution in [2.24, 2.45) is 0 Å². The first-order valence-electron chi connectivity index (χ1n) is 8.83. The Kier molecular flexibility index (Phi) is 5.71. The summed E-state index contributed by atoms with van der Waals surface area (Å²) in [7, 11) is 1.59. The maximum Gasteiger partial charge on any atom is 0.271 e. The molecule has 25 heavy (non-hydrogen) atoms. The number of carbonyl (C=O) groups is 1. The van der Waals surface area contributed by atoms with Crippen LogP contribution in [0, 0.1) is 0 Å². The number of methoxy groups -OCH3 is 1. The van der Waals surface area contributed by atoms with E-state index in [1.165, 1.54) is 19.3 Å². The van der Waals surface area contributed by atoms with Crippen LogP contribution < -0.4 is 10.1 Å². The van der Waals surface area contributed by atoms with Crippen molar-refractivity contribution in [2.45, 2.75) is 44.1 Å². The number of ether oxygens (including phenoxy) is 1. The fourth-order valence-corrected chi connectivity index (χ4v) is 3.30. The van der Waals surface area contributed by atoms with Gasteiger partial charge in [-0.2, -0.15) is 5.10 Å². The third-order valence-corrected chi connectivity index (χ3v) is 4.83. The van der Waals surface area contributed by atoms with Crippen molar-refractivity contribution in [3.8, 4) is 5.75 Å². The number of amides is 1. The predicted octanol–water partition coefficient (Wildman–Crippen LogP) is 2.93. The highest BCUT2D eigenvalue weighted by Gasteiger charge is 2.20. The van der Waals surface area contributed by atoms with Crippen molar-refractivity contribution >= 4 is 5.91 Å². The van der Waals surface area contributed by atoms with Gasteiger partial charge in [-0.15, -0.1) is 0 Å². The van der Waals surface area contributed by atoms with Gasteiger partial charge in [-0.25, -0.2) is 0 Å². The monoisotopic (exact) mass is 343 g/mol. The average molecular weight is 343 g/mol. The minimum atomic E-state index is -0.772. The molecule has 1 aromatic heterocycles. The Morgan fingerprint density at radius 1 is 1.32 bits per heavy atom. The van der Waals surface area contributed by atoms with Gasteiger partial charge in [0, 0.05) is 18.2 Å². The molecule has 0 bridgehead atoms. The number of aromatic nitrogens is 2. The smallest absolute Gasteiger partial charge is 0.271 e. The third kappa shape index (κ3) is 4.39. The van der Waals surface area contributed by atoms with E-state index in [1.807, 2.05) is 6.07 Å². The Hall–Kier alpha value is -2.34. The standard InChI is InChI=1S/C19H25N3O3/c1-25-15-9-7-14(8-10-15)18(23)12-20-19(24)17-11-16(21-22-17)13-5-3-2-4-6-13/h7-11,13,18,23H,2-6,12H2,1H3,(H,20,24)(H,21,22). The van der Waals surface area contributed by atoms with Crippen LogP contribution in [0.15, 0.2) is 30.3 Å². The molecule has 3 rings (SSSR count). The summed E-state index contributed by atoms with van der Waals surface area (Å²) in [5.41, 5.74) is 2.15. The van der Waals surface area contributed by atoms with Crippen molar-refractivity contribution < 1.29 is 14.6 Å². The van der Waals surface area contributed by atoms with Gasteiger partial charge in [-0.1, -0.05) is 31.4 Å². The maximum absolute atomic E-state index is 12.3. The first kappa shape index (κ1) is 17.5. The van der Waals surface area contributed by atoms with Crippen LogP contribution in [0.1, 0.15) is 65.9 Å². The molecular formula is C19H25N3O3. The number of rotatable bonds is 6. The molecule has 1 saturated carbocycles. The van der Waals surface area contributed by atoms with E-state index in [0.29, 0.717) is 11.6 Å². The predicted molar refractivity (Wildman–Crippen MR) is 94.7 cm³/mol. The van der Waals surface area contributed by atoms with Crippen LogP contribution in [-0.2, 0) is 0 Å². The van der Waals surface area contributed by atoms with Gasteiger partial charge in [-0.05, 0) is 36.6 Å². The lowest BCUT2D eigenvalue weighted by atomic mass is 9.87. The van der Waals surface area contributed by atoms with E-state index in [1.54, 1.807) is 31.4 Å². The van der Waals surface area contributed by atoms with Crippen molar-refractivity contribution in [3.05, 3.63) is 47.3 Å². The molecule has 2 aromatic rings. The number of carbonyl (C=O) groups excluding carboxylic acids is 1. The molecule has 1 atom stereocenters. The van der Waals surface area contributed by atoms with Crippen LogP contribution in [0.25, 0.3) is 0 Å². The topological polar surface area (TPSA) is 87.2 Å². The SMILES string of the molecule is COc1ccc(C(O)CNC(=O)c2cc(C3CCCCC3)[nH]n2)cc1. The summed E-state index contributed by atoms with van der Waals surface area (Å²) in [6.07, 6.45) is 5.30. The van der Waals surface area contributed by atoms with E-state index in [9.17, 15) is 9.90 Å². The highest BCUT2D eigenvalue weighted by molar-refractivity contribution is 5.92. The quantitative estimate of drug-likeness (QED) is 0.752. The van der Waals surface area contributed by atoms with Crippen LogP contribution in [-0.4, -0.2) is 34.9 Å². The summed E-state index contributed by atoms with van der Waals surface area (Å²) >= 11 is 0. The van der Waals surface area contributed by atoms with E-state index in [-0.39, 0.29) is 12.5 Å². The second-order valence-corrected chi connectivity index (χ2v) is 6.54. The number of hydrogen-bond acceptors (Lipinski definition) is 4. The summed E-state index contributed by atoms with van der Waals surface area (Å²) in [5.74, 6) is 0.935. The van der Waals surface area contributed by atoms with E-state index < -0.39 is 6.10 Å². The van der Waals surface area contributed by atoms with Gasteiger partial charge in [0.05, 0.1) is 13.2 Å². The zero-order valence-electron chi connectivity index (χ0n) is 14.5. The molecule has 1 aliphatic rings. The average Bonchev–Trinajstić information content (AvgIpc) is 3.17. The van der Waals surface area contributed by atoms with Crippen LogP contribution in [0.4, 0.5) is 0 Å². The molecule has 6 nitrogen and oxygen atoms in total. The first-order chi connectivity index (χ1) is 12.2. The molecule has 1 fully saturated rings. The lowest BCUT2D eigenvalue weighted by Gasteiger charge is -2.19. The van der Waals surface area contributed by atoms with Crippen LogP contribution in [0.2, 0.25) is 0 Å². The Morgan fingerprint density at radius 2 is 2.04 bits per heavy atom. The molecule has 1 aliphatic carbocycles. The fraction of sp³-hybridized carbons (Fsp3) is 0.474. The maximum atomic E-state index is 12.3. The van der Waals surface area contributed by atoms with Crippen LogP contribution in [0.5, 0.6) is 5.75 Å². The number of aliphatic hydroxyl groups is 1.